The highest BCUT2D eigenvalue weighted by Crippen LogP contribution is 2.40. The summed E-state index contributed by atoms with van der Waals surface area (Å²) in [4.78, 5) is 0. The minimum absolute atomic E-state index is 0.0934. The van der Waals surface area contributed by atoms with Crippen LogP contribution in [0.1, 0.15) is 25.8 Å². The molecule has 2 nitrogen and oxygen atoms in total. The number of rotatable bonds is 3. The van der Waals surface area contributed by atoms with E-state index < -0.39 is 5.82 Å². The van der Waals surface area contributed by atoms with Crippen molar-refractivity contribution in [1.82, 2.24) is 5.32 Å². The van der Waals surface area contributed by atoms with E-state index in [-0.39, 0.29) is 16.5 Å². The SMILES string of the molecule is CC1(C)C(O)CC1NCc1ccc(F)c(Cl)c1. The highest BCUT2D eigenvalue weighted by Gasteiger charge is 2.46. The fourth-order valence-electron chi connectivity index (χ4n) is 2.14. The van der Waals surface area contributed by atoms with Gasteiger partial charge in [0.25, 0.3) is 0 Å². The summed E-state index contributed by atoms with van der Waals surface area (Å²) in [5, 5.41) is 13.1. The van der Waals surface area contributed by atoms with Gasteiger partial charge >= 0.3 is 0 Å². The Morgan fingerprint density at radius 1 is 1.53 bits per heavy atom. The summed E-state index contributed by atoms with van der Waals surface area (Å²) in [5.74, 6) is -0.394. The van der Waals surface area contributed by atoms with E-state index in [9.17, 15) is 9.50 Å². The van der Waals surface area contributed by atoms with Gasteiger partial charge in [0.2, 0.25) is 0 Å². The number of aliphatic hydroxyl groups is 1. The van der Waals surface area contributed by atoms with Gasteiger partial charge in [-0.15, -0.1) is 0 Å². The number of nitrogens with one attached hydrogen (secondary N) is 1. The summed E-state index contributed by atoms with van der Waals surface area (Å²) in [6.45, 7) is 4.72. The molecule has 2 rings (SSSR count). The Hall–Kier alpha value is -0.640. The van der Waals surface area contributed by atoms with E-state index >= 15 is 0 Å². The average Bonchev–Trinajstić information content (AvgIpc) is 2.28. The van der Waals surface area contributed by atoms with Crippen LogP contribution in [0.5, 0.6) is 0 Å². The zero-order valence-corrected chi connectivity index (χ0v) is 10.8. The molecule has 1 aliphatic carbocycles. The number of aliphatic hydroxyl groups excluding tert-OH is 1. The van der Waals surface area contributed by atoms with Crippen molar-refractivity contribution in [2.24, 2.45) is 5.41 Å². The topological polar surface area (TPSA) is 32.3 Å². The second-order valence-electron chi connectivity index (χ2n) is 5.25. The molecule has 2 unspecified atom stereocenters. The lowest BCUT2D eigenvalue weighted by Crippen LogP contribution is -2.59. The number of benzene rings is 1. The first-order valence-electron chi connectivity index (χ1n) is 5.76. The molecule has 0 saturated heterocycles. The predicted octanol–water partition coefficient (Wildman–Crippen LogP) is 2.73. The Balaban J connectivity index is 1.93. The summed E-state index contributed by atoms with van der Waals surface area (Å²) < 4.78 is 13.0. The molecule has 2 N–H and O–H groups in total. The Kier molecular flexibility index (Phi) is 3.43. The van der Waals surface area contributed by atoms with Crippen molar-refractivity contribution in [2.45, 2.75) is 39.0 Å². The summed E-state index contributed by atoms with van der Waals surface area (Å²) in [6, 6.07) is 5.02. The van der Waals surface area contributed by atoms with E-state index in [2.05, 4.69) is 5.32 Å². The van der Waals surface area contributed by atoms with Gasteiger partial charge in [0.1, 0.15) is 5.82 Å². The number of halogens is 2. The van der Waals surface area contributed by atoms with Crippen LogP contribution in [0.4, 0.5) is 4.39 Å². The Morgan fingerprint density at radius 3 is 2.76 bits per heavy atom. The van der Waals surface area contributed by atoms with Crippen LogP contribution in [0.3, 0.4) is 0 Å². The molecule has 1 saturated carbocycles. The van der Waals surface area contributed by atoms with E-state index in [1.165, 1.54) is 6.07 Å². The standard InChI is InChI=1S/C13H17ClFNO/c1-13(2)11(6-12(13)17)16-7-8-3-4-10(15)9(14)5-8/h3-5,11-12,16-17H,6-7H2,1-2H3. The number of hydrogen-bond acceptors (Lipinski definition) is 2. The Morgan fingerprint density at radius 2 is 2.24 bits per heavy atom. The molecule has 1 aliphatic rings. The van der Waals surface area contributed by atoms with Gasteiger partial charge in [-0.3, -0.25) is 0 Å². The zero-order valence-electron chi connectivity index (χ0n) is 10.0. The van der Waals surface area contributed by atoms with E-state index in [1.54, 1.807) is 12.1 Å². The Bertz CT molecular complexity index is 422. The van der Waals surface area contributed by atoms with Crippen molar-refractivity contribution >= 4 is 11.6 Å². The highest BCUT2D eigenvalue weighted by atomic mass is 35.5. The maximum absolute atomic E-state index is 13.0. The minimum Gasteiger partial charge on any atom is -0.392 e. The molecule has 0 aliphatic heterocycles. The molecule has 0 amide bonds. The molecular weight excluding hydrogens is 241 g/mol. The van der Waals surface area contributed by atoms with E-state index in [4.69, 9.17) is 11.6 Å². The van der Waals surface area contributed by atoms with Gasteiger partial charge in [0.15, 0.2) is 0 Å². The van der Waals surface area contributed by atoms with Gasteiger partial charge in [-0.25, -0.2) is 4.39 Å². The molecule has 1 aromatic carbocycles. The fraction of sp³-hybridized carbons (Fsp3) is 0.538. The van der Waals surface area contributed by atoms with Gasteiger partial charge in [-0.05, 0) is 24.1 Å². The molecule has 4 heteroatoms. The second kappa shape index (κ2) is 4.56. The molecule has 1 aromatic rings. The third-order valence-corrected chi connectivity index (χ3v) is 4.04. The van der Waals surface area contributed by atoms with Crippen molar-refractivity contribution in [3.8, 4) is 0 Å². The maximum Gasteiger partial charge on any atom is 0.141 e. The van der Waals surface area contributed by atoms with Crippen molar-refractivity contribution in [3.63, 3.8) is 0 Å². The van der Waals surface area contributed by atoms with Crippen LogP contribution >= 0.6 is 11.6 Å². The number of hydrogen-bond donors (Lipinski definition) is 2. The summed E-state index contributed by atoms with van der Waals surface area (Å²) >= 11 is 5.71. The van der Waals surface area contributed by atoms with Crippen LogP contribution in [0.15, 0.2) is 18.2 Å². The Labute approximate surface area is 106 Å². The van der Waals surface area contributed by atoms with Gasteiger partial charge in [0, 0.05) is 18.0 Å². The molecule has 0 radical (unpaired) electrons. The molecular formula is C13H17ClFNO. The minimum atomic E-state index is -0.394. The lowest BCUT2D eigenvalue weighted by molar-refractivity contribution is -0.0729. The molecule has 0 spiro atoms. The molecule has 17 heavy (non-hydrogen) atoms. The van der Waals surface area contributed by atoms with Gasteiger partial charge < -0.3 is 10.4 Å². The smallest absolute Gasteiger partial charge is 0.141 e. The van der Waals surface area contributed by atoms with Crippen LogP contribution in [-0.2, 0) is 6.54 Å². The van der Waals surface area contributed by atoms with E-state index in [0.29, 0.717) is 12.6 Å². The highest BCUT2D eigenvalue weighted by molar-refractivity contribution is 6.30. The van der Waals surface area contributed by atoms with Crippen molar-refractivity contribution in [1.29, 1.82) is 0 Å². The largest absolute Gasteiger partial charge is 0.392 e. The van der Waals surface area contributed by atoms with E-state index in [1.807, 2.05) is 13.8 Å². The van der Waals surface area contributed by atoms with Crippen LogP contribution in [0.25, 0.3) is 0 Å². The maximum atomic E-state index is 13.0. The van der Waals surface area contributed by atoms with Gasteiger partial charge in [-0.1, -0.05) is 31.5 Å². The predicted molar refractivity (Wildman–Crippen MR) is 66.4 cm³/mol. The molecule has 2 atom stereocenters. The van der Waals surface area contributed by atoms with Crippen LogP contribution in [0, 0.1) is 11.2 Å². The lowest BCUT2D eigenvalue weighted by atomic mass is 9.64. The van der Waals surface area contributed by atoms with Crippen molar-refractivity contribution in [2.75, 3.05) is 0 Å². The molecule has 0 bridgehead atoms. The monoisotopic (exact) mass is 257 g/mol. The van der Waals surface area contributed by atoms with Crippen molar-refractivity contribution in [3.05, 3.63) is 34.6 Å². The summed E-state index contributed by atoms with van der Waals surface area (Å²) in [7, 11) is 0. The van der Waals surface area contributed by atoms with Crippen LogP contribution in [0.2, 0.25) is 5.02 Å². The fourth-order valence-corrected chi connectivity index (χ4v) is 2.34. The summed E-state index contributed by atoms with van der Waals surface area (Å²) in [5.41, 5.74) is 0.859. The van der Waals surface area contributed by atoms with Crippen LogP contribution in [-0.4, -0.2) is 17.3 Å². The first kappa shape index (κ1) is 12.8. The quantitative estimate of drug-likeness (QED) is 0.873. The normalized spacial score (nSPS) is 26.6. The van der Waals surface area contributed by atoms with Gasteiger partial charge in [0.05, 0.1) is 11.1 Å². The third kappa shape index (κ3) is 2.46. The average molecular weight is 258 g/mol. The van der Waals surface area contributed by atoms with E-state index in [0.717, 1.165) is 12.0 Å². The first-order valence-corrected chi connectivity index (χ1v) is 6.14. The summed E-state index contributed by atoms with van der Waals surface area (Å²) in [6.07, 6.45) is 0.527. The zero-order chi connectivity index (χ0) is 12.6. The molecule has 0 heterocycles. The second-order valence-corrected chi connectivity index (χ2v) is 5.66. The third-order valence-electron chi connectivity index (χ3n) is 3.75. The van der Waals surface area contributed by atoms with Crippen LogP contribution < -0.4 is 5.32 Å². The van der Waals surface area contributed by atoms with Crippen molar-refractivity contribution < 1.29 is 9.50 Å². The molecule has 0 aromatic heterocycles. The molecule has 94 valence electrons. The molecule has 1 fully saturated rings. The van der Waals surface area contributed by atoms with Gasteiger partial charge in [-0.2, -0.15) is 0 Å². The first-order chi connectivity index (χ1) is 7.91. The lowest BCUT2D eigenvalue weighted by Gasteiger charge is -2.49.